The van der Waals surface area contributed by atoms with Gasteiger partial charge in [-0.25, -0.2) is 4.98 Å². The zero-order valence-corrected chi connectivity index (χ0v) is 10.7. The number of nitrogens with zero attached hydrogens (tertiary/aromatic N) is 1. The number of halogens is 1. The molecule has 2 aromatic rings. The Kier molecular flexibility index (Phi) is 3.56. The summed E-state index contributed by atoms with van der Waals surface area (Å²) in [6.07, 6.45) is 3.22. The van der Waals surface area contributed by atoms with Gasteiger partial charge >= 0.3 is 0 Å². The summed E-state index contributed by atoms with van der Waals surface area (Å²) in [6.45, 7) is 2.16. The molecule has 1 heterocycles. The second-order valence-corrected chi connectivity index (χ2v) is 4.61. The molecule has 0 bridgehead atoms. The van der Waals surface area contributed by atoms with Crippen molar-refractivity contribution in [2.75, 3.05) is 0 Å². The predicted octanol–water partition coefficient (Wildman–Crippen LogP) is 4.29. The number of fused-ring (bicyclic) bond motifs is 1. The number of rotatable bonds is 3. The van der Waals surface area contributed by atoms with E-state index in [1.54, 1.807) is 0 Å². The van der Waals surface area contributed by atoms with E-state index >= 15 is 0 Å². The fraction of sp³-hybridized carbons (Fsp3) is 0.333. The van der Waals surface area contributed by atoms with Gasteiger partial charge in [-0.1, -0.05) is 37.2 Å². The van der Waals surface area contributed by atoms with Crippen molar-refractivity contribution in [2.24, 2.45) is 0 Å². The summed E-state index contributed by atoms with van der Waals surface area (Å²) in [7, 11) is 0. The predicted molar refractivity (Wildman–Crippen MR) is 70.5 cm³/mol. The Labute approximate surface area is 105 Å². The van der Waals surface area contributed by atoms with Crippen LogP contribution in [0.3, 0.4) is 0 Å². The molecule has 0 aliphatic heterocycles. The maximum atomic E-state index is 5.93. The summed E-state index contributed by atoms with van der Waals surface area (Å²) in [5.74, 6) is 0.960. The molecular weight excluding hydrogens is 240 g/mol. The number of aryl methyl sites for hydroxylation is 1. The van der Waals surface area contributed by atoms with E-state index in [1.807, 2.05) is 18.2 Å². The summed E-state index contributed by atoms with van der Waals surface area (Å²) in [6, 6.07) is 5.66. The van der Waals surface area contributed by atoms with Crippen molar-refractivity contribution < 1.29 is 0 Å². The lowest BCUT2D eigenvalue weighted by molar-refractivity contribution is 0.755. The lowest BCUT2D eigenvalue weighted by Crippen LogP contribution is -1.96. The number of aromatic amines is 1. The van der Waals surface area contributed by atoms with E-state index in [9.17, 15) is 0 Å². The van der Waals surface area contributed by atoms with E-state index < -0.39 is 0 Å². The van der Waals surface area contributed by atoms with Gasteiger partial charge in [0.15, 0.2) is 0 Å². The minimum atomic E-state index is 0.627. The first kappa shape index (κ1) is 11.6. The molecule has 1 N–H and O–H groups in total. The van der Waals surface area contributed by atoms with Gasteiger partial charge in [-0.2, -0.15) is 0 Å². The van der Waals surface area contributed by atoms with Crippen LogP contribution in [-0.2, 0) is 6.42 Å². The first-order valence-corrected chi connectivity index (χ1v) is 6.18. The van der Waals surface area contributed by atoms with Crippen LogP contribution < -0.4 is 0 Å². The molecule has 1 aromatic carbocycles. The number of H-pyrrole nitrogens is 1. The number of hydrogen-bond acceptors (Lipinski definition) is 2. The molecule has 16 heavy (non-hydrogen) atoms. The molecular formula is C12H13ClN2S. The Morgan fingerprint density at radius 1 is 1.44 bits per heavy atom. The second kappa shape index (κ2) is 4.93. The van der Waals surface area contributed by atoms with E-state index in [-0.39, 0.29) is 0 Å². The average Bonchev–Trinajstić information content (AvgIpc) is 2.27. The average molecular weight is 253 g/mol. The van der Waals surface area contributed by atoms with Crippen LogP contribution in [0.25, 0.3) is 10.9 Å². The topological polar surface area (TPSA) is 28.7 Å². The van der Waals surface area contributed by atoms with Crippen molar-refractivity contribution >= 4 is 34.7 Å². The molecule has 0 fully saturated rings. The smallest absolute Gasteiger partial charge is 0.137 e. The van der Waals surface area contributed by atoms with Crippen LogP contribution >= 0.6 is 23.8 Å². The molecule has 0 aliphatic rings. The van der Waals surface area contributed by atoms with Gasteiger partial charge in [0.2, 0.25) is 0 Å². The van der Waals surface area contributed by atoms with Crippen LogP contribution in [0.4, 0.5) is 0 Å². The van der Waals surface area contributed by atoms with Crippen LogP contribution in [0.5, 0.6) is 0 Å². The summed E-state index contributed by atoms with van der Waals surface area (Å²) in [5.41, 5.74) is 1.01. The Morgan fingerprint density at radius 2 is 2.25 bits per heavy atom. The molecule has 0 amide bonds. The van der Waals surface area contributed by atoms with Gasteiger partial charge in [0, 0.05) is 22.3 Å². The maximum absolute atomic E-state index is 5.93. The summed E-state index contributed by atoms with van der Waals surface area (Å²) in [4.78, 5) is 7.67. The summed E-state index contributed by atoms with van der Waals surface area (Å²) >= 11 is 11.2. The van der Waals surface area contributed by atoms with Crippen LogP contribution in [0.1, 0.15) is 25.6 Å². The number of unbranched alkanes of at least 4 members (excludes halogenated alkanes) is 1. The van der Waals surface area contributed by atoms with Crippen molar-refractivity contribution in [3.63, 3.8) is 0 Å². The number of aromatic nitrogens is 2. The van der Waals surface area contributed by atoms with Crippen LogP contribution in [0, 0.1) is 4.64 Å². The molecule has 4 heteroatoms. The highest BCUT2D eigenvalue weighted by Gasteiger charge is 2.01. The molecule has 1 aromatic heterocycles. The maximum Gasteiger partial charge on any atom is 0.137 e. The summed E-state index contributed by atoms with van der Waals surface area (Å²) < 4.78 is 0.627. The van der Waals surface area contributed by atoms with Gasteiger partial charge in [-0.05, 0) is 24.6 Å². The molecule has 0 radical (unpaired) electrons. The third-order valence-corrected chi connectivity index (χ3v) is 3.04. The lowest BCUT2D eigenvalue weighted by atomic mass is 10.2. The van der Waals surface area contributed by atoms with Crippen molar-refractivity contribution in [2.45, 2.75) is 26.2 Å². The quantitative estimate of drug-likeness (QED) is 0.826. The Hall–Kier alpha value is -0.930. The Balaban J connectivity index is 2.51. The van der Waals surface area contributed by atoms with E-state index in [0.29, 0.717) is 9.66 Å². The number of nitrogens with one attached hydrogen (secondary N) is 1. The van der Waals surface area contributed by atoms with Crippen molar-refractivity contribution in [3.05, 3.63) is 33.7 Å². The fourth-order valence-electron chi connectivity index (χ4n) is 1.63. The lowest BCUT2D eigenvalue weighted by Gasteiger charge is -2.04. The standard InChI is InChI=1S/C12H13ClN2S/c1-2-3-4-11-14-10-6-5-8(13)7-9(10)12(16)15-11/h5-7H,2-4H2,1H3,(H,14,15,16). The normalized spacial score (nSPS) is 10.9. The zero-order chi connectivity index (χ0) is 11.5. The first-order chi connectivity index (χ1) is 7.70. The zero-order valence-electron chi connectivity index (χ0n) is 9.09. The molecule has 0 aliphatic carbocycles. The minimum Gasteiger partial charge on any atom is -0.343 e. The molecule has 0 unspecified atom stereocenters. The van der Waals surface area contributed by atoms with Crippen molar-refractivity contribution in [3.8, 4) is 0 Å². The molecule has 0 saturated heterocycles. The van der Waals surface area contributed by atoms with Gasteiger partial charge in [-0.3, -0.25) is 0 Å². The van der Waals surface area contributed by atoms with Crippen LogP contribution in [0.2, 0.25) is 5.02 Å². The third-order valence-electron chi connectivity index (χ3n) is 2.49. The molecule has 84 valence electrons. The highest BCUT2D eigenvalue weighted by Crippen LogP contribution is 2.18. The van der Waals surface area contributed by atoms with Gasteiger partial charge in [0.05, 0.1) is 0 Å². The van der Waals surface area contributed by atoms with E-state index in [2.05, 4.69) is 16.9 Å². The second-order valence-electron chi connectivity index (χ2n) is 3.78. The third kappa shape index (κ3) is 2.42. The van der Waals surface area contributed by atoms with Gasteiger partial charge in [0.25, 0.3) is 0 Å². The molecule has 0 spiro atoms. The number of hydrogen-bond donors (Lipinski definition) is 1. The Morgan fingerprint density at radius 3 is 3.00 bits per heavy atom. The van der Waals surface area contributed by atoms with E-state index in [0.717, 1.165) is 36.0 Å². The van der Waals surface area contributed by atoms with Crippen LogP contribution in [-0.4, -0.2) is 9.97 Å². The van der Waals surface area contributed by atoms with Crippen LogP contribution in [0.15, 0.2) is 18.2 Å². The van der Waals surface area contributed by atoms with Crippen molar-refractivity contribution in [1.82, 2.24) is 9.97 Å². The van der Waals surface area contributed by atoms with Gasteiger partial charge < -0.3 is 4.98 Å². The van der Waals surface area contributed by atoms with Crippen molar-refractivity contribution in [1.29, 1.82) is 0 Å². The summed E-state index contributed by atoms with van der Waals surface area (Å²) in [5, 5.41) is 1.61. The largest absolute Gasteiger partial charge is 0.343 e. The molecule has 2 rings (SSSR count). The minimum absolute atomic E-state index is 0.627. The molecule has 0 saturated carbocycles. The van der Waals surface area contributed by atoms with E-state index in [1.165, 1.54) is 0 Å². The Bertz CT molecular complexity index is 562. The highest BCUT2D eigenvalue weighted by atomic mass is 35.5. The molecule has 0 atom stereocenters. The van der Waals surface area contributed by atoms with E-state index in [4.69, 9.17) is 23.8 Å². The van der Waals surface area contributed by atoms with Gasteiger partial charge in [-0.15, -0.1) is 0 Å². The first-order valence-electron chi connectivity index (χ1n) is 5.39. The molecule has 2 nitrogen and oxygen atoms in total. The fourth-order valence-corrected chi connectivity index (χ4v) is 2.08. The van der Waals surface area contributed by atoms with Gasteiger partial charge in [0.1, 0.15) is 10.5 Å². The monoisotopic (exact) mass is 252 g/mol. The highest BCUT2D eigenvalue weighted by molar-refractivity contribution is 7.71. The number of benzene rings is 1. The SMILES string of the molecule is CCCCc1nc(=S)c2cc(Cl)ccc2[nH]1.